The lowest BCUT2D eigenvalue weighted by atomic mass is 9.99. The summed E-state index contributed by atoms with van der Waals surface area (Å²) in [7, 11) is 2.13. The van der Waals surface area contributed by atoms with Gasteiger partial charge in [-0.2, -0.15) is 15.2 Å². The highest BCUT2D eigenvalue weighted by Crippen LogP contribution is 2.36. The molecule has 3 aliphatic heterocycles. The zero-order chi connectivity index (χ0) is 30.6. The molecule has 226 valence electrons. The van der Waals surface area contributed by atoms with E-state index in [1.807, 2.05) is 6.07 Å². The molecule has 1 aromatic heterocycles. The fraction of sp³-hybridized carbons (Fsp3) is 0.441. The molecule has 2 atom stereocenters. The molecule has 0 radical (unpaired) electrons. The minimum atomic E-state index is -0.307. The number of aryl methyl sites for hydroxylation is 1. The van der Waals surface area contributed by atoms with Crippen LogP contribution in [-0.2, 0) is 17.8 Å². The van der Waals surface area contributed by atoms with Crippen molar-refractivity contribution in [3.8, 4) is 12.1 Å². The molecule has 44 heavy (non-hydrogen) atoms. The normalized spacial score (nSPS) is 20.5. The number of aromatic nitrogens is 2. The van der Waals surface area contributed by atoms with Gasteiger partial charge in [0.25, 0.3) is 0 Å². The summed E-state index contributed by atoms with van der Waals surface area (Å²) in [6, 6.07) is 15.2. The van der Waals surface area contributed by atoms with Gasteiger partial charge in [-0.15, -0.1) is 0 Å². The van der Waals surface area contributed by atoms with Gasteiger partial charge in [0.2, 0.25) is 12.5 Å². The third-order valence-corrected chi connectivity index (χ3v) is 9.20. The molecule has 0 N–H and O–H groups in total. The van der Waals surface area contributed by atoms with Gasteiger partial charge in [0.15, 0.2) is 0 Å². The number of hydrogen-bond acceptors (Lipinski definition) is 8. The quantitative estimate of drug-likeness (QED) is 0.232. The summed E-state index contributed by atoms with van der Waals surface area (Å²) in [5.74, 6) is 0.600. The number of benzene rings is 2. The Morgan fingerprint density at radius 2 is 1.98 bits per heavy atom. The van der Waals surface area contributed by atoms with Crippen molar-refractivity contribution in [1.82, 2.24) is 19.8 Å². The van der Waals surface area contributed by atoms with Crippen molar-refractivity contribution in [2.24, 2.45) is 0 Å². The van der Waals surface area contributed by atoms with Crippen molar-refractivity contribution in [3.63, 3.8) is 0 Å². The van der Waals surface area contributed by atoms with Gasteiger partial charge in [-0.25, -0.2) is 6.57 Å². The second kappa shape index (κ2) is 12.9. The second-order valence-corrected chi connectivity index (χ2v) is 11.9. The maximum absolute atomic E-state index is 12.8. The molecule has 0 saturated carbocycles. The topological polar surface area (TPSA) is 93.2 Å². The van der Waals surface area contributed by atoms with E-state index in [9.17, 15) is 4.79 Å². The number of fused-ring (bicyclic) bond motifs is 2. The van der Waals surface area contributed by atoms with Crippen LogP contribution in [0.5, 0.6) is 6.01 Å². The van der Waals surface area contributed by atoms with Crippen LogP contribution >= 0.6 is 0 Å². The number of anilines is 2. The predicted molar refractivity (Wildman–Crippen MR) is 171 cm³/mol. The summed E-state index contributed by atoms with van der Waals surface area (Å²) in [5, 5.41) is 11.4. The average molecular weight is 591 g/mol. The van der Waals surface area contributed by atoms with Crippen LogP contribution < -0.4 is 14.5 Å². The molecular weight excluding hydrogens is 552 g/mol. The first-order valence-corrected chi connectivity index (χ1v) is 15.4. The van der Waals surface area contributed by atoms with E-state index in [1.54, 1.807) is 4.90 Å². The van der Waals surface area contributed by atoms with Crippen LogP contribution in [-0.4, -0.2) is 90.7 Å². The zero-order valence-electron chi connectivity index (χ0n) is 25.4. The lowest BCUT2D eigenvalue weighted by Gasteiger charge is -2.41. The molecule has 6 rings (SSSR count). The second-order valence-electron chi connectivity index (χ2n) is 11.9. The van der Waals surface area contributed by atoms with Crippen LogP contribution in [0.4, 0.5) is 11.5 Å². The minimum absolute atomic E-state index is 0.182. The van der Waals surface area contributed by atoms with Crippen molar-refractivity contribution in [3.05, 3.63) is 76.8 Å². The lowest BCUT2D eigenvalue weighted by Crippen LogP contribution is -2.56. The molecule has 2 fully saturated rings. The van der Waals surface area contributed by atoms with Crippen molar-refractivity contribution in [1.29, 1.82) is 5.26 Å². The summed E-state index contributed by atoms with van der Waals surface area (Å²) in [5.41, 5.74) is 4.52. The van der Waals surface area contributed by atoms with Gasteiger partial charge in [-0.05, 0) is 56.8 Å². The Hall–Kier alpha value is -4.67. The summed E-state index contributed by atoms with van der Waals surface area (Å²) in [6.07, 6.45) is 5.51. The molecule has 0 aliphatic carbocycles. The Labute approximate surface area is 259 Å². The van der Waals surface area contributed by atoms with E-state index in [2.05, 4.69) is 69.9 Å². The Morgan fingerprint density at radius 1 is 1.14 bits per heavy atom. The standard InChI is InChI=1S/C34H38N8O2/c1-24-8-4-9-25-10-5-12-30(32(24)25)40-17-14-28-29(22-40)37-34(44-23-26-11-7-16-39(26)3)38-33(28)41-18-19-42(27(21-41)20-36-2)31(43)13-6-15-35/h4-6,8-10,12-13,26-27H,7,11,14,16-23H2,1,3H3/b13-6+/t26-,27-/m0/s1. The van der Waals surface area contributed by atoms with Gasteiger partial charge >= 0.3 is 6.01 Å². The van der Waals surface area contributed by atoms with Gasteiger partial charge in [0, 0.05) is 61.0 Å². The number of carbonyl (C=O) groups excluding carboxylic acids is 1. The summed E-state index contributed by atoms with van der Waals surface area (Å²) in [6.45, 7) is 14.4. The number of ether oxygens (including phenoxy) is 1. The molecule has 4 heterocycles. The van der Waals surface area contributed by atoms with E-state index in [0.717, 1.165) is 49.4 Å². The van der Waals surface area contributed by atoms with E-state index in [0.29, 0.717) is 44.8 Å². The third-order valence-electron chi connectivity index (χ3n) is 9.20. The van der Waals surface area contributed by atoms with E-state index < -0.39 is 0 Å². The van der Waals surface area contributed by atoms with Crippen LogP contribution in [0.2, 0.25) is 0 Å². The number of hydrogen-bond donors (Lipinski definition) is 0. The average Bonchev–Trinajstić information content (AvgIpc) is 3.46. The molecule has 1 amide bonds. The number of nitriles is 1. The van der Waals surface area contributed by atoms with Gasteiger partial charge in [-0.3, -0.25) is 4.79 Å². The molecule has 0 unspecified atom stereocenters. The smallest absolute Gasteiger partial charge is 0.318 e. The summed E-state index contributed by atoms with van der Waals surface area (Å²) in [4.78, 5) is 35.1. The molecule has 3 aromatic rings. The van der Waals surface area contributed by atoms with Crippen molar-refractivity contribution in [2.75, 3.05) is 62.7 Å². The van der Waals surface area contributed by atoms with Gasteiger partial charge < -0.3 is 29.2 Å². The Bertz CT molecular complexity index is 1650. The fourth-order valence-corrected chi connectivity index (χ4v) is 6.85. The third kappa shape index (κ3) is 5.91. The molecule has 0 bridgehead atoms. The van der Waals surface area contributed by atoms with Crippen LogP contribution in [0.3, 0.4) is 0 Å². The Kier molecular flexibility index (Phi) is 8.63. The fourth-order valence-electron chi connectivity index (χ4n) is 6.85. The largest absolute Gasteiger partial charge is 0.462 e. The monoisotopic (exact) mass is 590 g/mol. The van der Waals surface area contributed by atoms with E-state index in [4.69, 9.17) is 26.5 Å². The van der Waals surface area contributed by atoms with E-state index in [-0.39, 0.29) is 18.5 Å². The molecule has 2 aromatic carbocycles. The highest BCUT2D eigenvalue weighted by Gasteiger charge is 2.35. The van der Waals surface area contributed by atoms with Crippen molar-refractivity contribution < 1.29 is 9.53 Å². The Morgan fingerprint density at radius 3 is 2.75 bits per heavy atom. The molecule has 10 heteroatoms. The molecular formula is C34H38N8O2. The summed E-state index contributed by atoms with van der Waals surface area (Å²) < 4.78 is 6.30. The lowest BCUT2D eigenvalue weighted by molar-refractivity contribution is -0.128. The molecule has 10 nitrogen and oxygen atoms in total. The number of piperazine rings is 1. The number of allylic oxidation sites excluding steroid dienone is 1. The van der Waals surface area contributed by atoms with Crippen LogP contribution in [0.25, 0.3) is 15.6 Å². The number of carbonyl (C=O) groups is 1. The van der Waals surface area contributed by atoms with Gasteiger partial charge in [-0.1, -0.05) is 30.3 Å². The number of amides is 1. The molecule has 3 aliphatic rings. The maximum atomic E-state index is 12.8. The van der Waals surface area contributed by atoms with Crippen LogP contribution in [0, 0.1) is 24.8 Å². The predicted octanol–water partition coefficient (Wildman–Crippen LogP) is 3.99. The highest BCUT2D eigenvalue weighted by atomic mass is 16.5. The number of likely N-dealkylation sites (tertiary alicyclic amines) is 1. The van der Waals surface area contributed by atoms with Crippen molar-refractivity contribution >= 4 is 28.2 Å². The Balaban J connectivity index is 1.33. The summed E-state index contributed by atoms with van der Waals surface area (Å²) >= 11 is 0. The van der Waals surface area contributed by atoms with E-state index in [1.165, 1.54) is 34.2 Å². The maximum Gasteiger partial charge on any atom is 0.318 e. The molecule has 0 spiro atoms. The number of nitrogens with zero attached hydrogens (tertiary/aromatic N) is 8. The van der Waals surface area contributed by atoms with Gasteiger partial charge in [0.05, 0.1) is 18.3 Å². The highest BCUT2D eigenvalue weighted by molar-refractivity contribution is 5.97. The van der Waals surface area contributed by atoms with E-state index >= 15 is 0 Å². The first-order chi connectivity index (χ1) is 21.5. The SMILES string of the molecule is [C-]#[N+]C[C@H]1CN(c2nc(OC[C@@H]3CCCN3C)nc3c2CCN(c2cccc4cccc(C)c24)C3)CCN1C(=O)/C=C/C#N. The first kappa shape index (κ1) is 29.4. The number of likely N-dealkylation sites (N-methyl/N-ethyl adjacent to an activating group) is 1. The van der Waals surface area contributed by atoms with Gasteiger partial charge in [0.1, 0.15) is 18.5 Å². The zero-order valence-corrected chi connectivity index (χ0v) is 25.4. The number of rotatable bonds is 7. The first-order valence-electron chi connectivity index (χ1n) is 15.4. The minimum Gasteiger partial charge on any atom is -0.462 e. The van der Waals surface area contributed by atoms with Crippen LogP contribution in [0.1, 0.15) is 29.7 Å². The van der Waals surface area contributed by atoms with Crippen LogP contribution in [0.15, 0.2) is 48.6 Å². The molecule has 2 saturated heterocycles. The van der Waals surface area contributed by atoms with Crippen molar-refractivity contribution in [2.45, 2.75) is 44.8 Å².